The molecule has 2 aromatic carbocycles. The van der Waals surface area contributed by atoms with Crippen LogP contribution in [0.25, 0.3) is 38.9 Å². The molecular formula is C20H13N5O3. The smallest absolute Gasteiger partial charge is 0.338 e. The maximum absolute atomic E-state index is 12.6. The lowest BCUT2D eigenvalue weighted by Crippen LogP contribution is -2.14. The molecule has 8 heteroatoms. The van der Waals surface area contributed by atoms with E-state index in [-0.39, 0.29) is 17.1 Å². The molecule has 0 aliphatic rings. The van der Waals surface area contributed by atoms with Crippen molar-refractivity contribution in [1.29, 1.82) is 0 Å². The first kappa shape index (κ1) is 16.0. The van der Waals surface area contributed by atoms with Crippen LogP contribution >= 0.6 is 0 Å². The number of H-pyrrole nitrogens is 2. The van der Waals surface area contributed by atoms with Crippen LogP contribution in [0.5, 0.6) is 0 Å². The molecule has 0 aliphatic heterocycles. The number of aromatic carboxylic acids is 1. The number of benzene rings is 2. The van der Waals surface area contributed by atoms with Gasteiger partial charge in [-0.1, -0.05) is 18.2 Å². The highest BCUT2D eigenvalue weighted by Crippen LogP contribution is 2.25. The highest BCUT2D eigenvalue weighted by atomic mass is 16.4. The van der Waals surface area contributed by atoms with Crippen molar-refractivity contribution >= 4 is 27.8 Å². The number of hydrogen-bond donors (Lipinski definition) is 3. The summed E-state index contributed by atoms with van der Waals surface area (Å²) < 4.78 is 1.23. The first-order chi connectivity index (χ1) is 13.6. The first-order valence-corrected chi connectivity index (χ1v) is 8.48. The molecule has 0 aliphatic carbocycles. The summed E-state index contributed by atoms with van der Waals surface area (Å²) in [4.78, 5) is 33.9. The zero-order valence-corrected chi connectivity index (χ0v) is 14.4. The normalized spacial score (nSPS) is 11.3. The van der Waals surface area contributed by atoms with E-state index in [0.717, 1.165) is 22.0 Å². The number of nitrogens with zero attached hydrogens (tertiary/aromatic N) is 3. The van der Waals surface area contributed by atoms with Gasteiger partial charge in [-0.3, -0.25) is 9.78 Å². The van der Waals surface area contributed by atoms with Crippen molar-refractivity contribution in [2.45, 2.75) is 0 Å². The van der Waals surface area contributed by atoms with Gasteiger partial charge in [0.1, 0.15) is 0 Å². The lowest BCUT2D eigenvalue weighted by molar-refractivity contribution is 0.0697. The van der Waals surface area contributed by atoms with Crippen LogP contribution in [0.4, 0.5) is 0 Å². The minimum absolute atomic E-state index is 0.0119. The van der Waals surface area contributed by atoms with E-state index in [1.165, 1.54) is 17.1 Å². The molecule has 0 bridgehead atoms. The summed E-state index contributed by atoms with van der Waals surface area (Å²) in [6.07, 6.45) is 4.38. The van der Waals surface area contributed by atoms with Crippen LogP contribution in [0.3, 0.4) is 0 Å². The van der Waals surface area contributed by atoms with Gasteiger partial charge in [-0.15, -0.1) is 0 Å². The Balaban J connectivity index is 1.61. The van der Waals surface area contributed by atoms with Crippen molar-refractivity contribution in [3.8, 4) is 17.1 Å². The van der Waals surface area contributed by atoms with Crippen molar-refractivity contribution in [2.24, 2.45) is 0 Å². The molecule has 3 N–H and O–H groups in total. The number of fused-ring (bicyclic) bond motifs is 2. The standard InChI is InChI=1S/C20H13N5O3/c26-18-15-7-12(13-2-1-11-5-6-21-17(11)8-13)3-4-16(15)23-20(24-18)25-10-14(9-22-25)19(27)28/h1-10,21H,(H,27,28)(H,23,24,26). The Kier molecular flexibility index (Phi) is 3.38. The lowest BCUT2D eigenvalue weighted by Gasteiger charge is -2.06. The molecule has 3 heterocycles. The van der Waals surface area contributed by atoms with Gasteiger partial charge in [0.15, 0.2) is 0 Å². The monoisotopic (exact) mass is 371 g/mol. The third-order valence-corrected chi connectivity index (χ3v) is 4.63. The number of aromatic nitrogens is 5. The van der Waals surface area contributed by atoms with E-state index in [9.17, 15) is 9.59 Å². The average Bonchev–Trinajstić information content (AvgIpc) is 3.36. The van der Waals surface area contributed by atoms with Crippen LogP contribution in [0.1, 0.15) is 10.4 Å². The largest absolute Gasteiger partial charge is 0.478 e. The summed E-state index contributed by atoms with van der Waals surface area (Å²) in [5.74, 6) is -0.941. The lowest BCUT2D eigenvalue weighted by atomic mass is 10.0. The fraction of sp³-hybridized carbons (Fsp3) is 0. The van der Waals surface area contributed by atoms with Gasteiger partial charge in [-0.05, 0) is 40.8 Å². The summed E-state index contributed by atoms with van der Waals surface area (Å²) >= 11 is 0. The maximum atomic E-state index is 12.6. The highest BCUT2D eigenvalue weighted by Gasteiger charge is 2.11. The second-order valence-corrected chi connectivity index (χ2v) is 6.38. The van der Waals surface area contributed by atoms with Gasteiger partial charge in [0.2, 0.25) is 5.95 Å². The predicted molar refractivity (Wildman–Crippen MR) is 104 cm³/mol. The van der Waals surface area contributed by atoms with Gasteiger partial charge in [-0.2, -0.15) is 5.10 Å². The van der Waals surface area contributed by atoms with Crippen LogP contribution in [0.2, 0.25) is 0 Å². The second kappa shape index (κ2) is 5.92. The molecule has 0 amide bonds. The molecule has 136 valence electrons. The fourth-order valence-electron chi connectivity index (χ4n) is 3.19. The van der Waals surface area contributed by atoms with Crippen LogP contribution in [0, 0.1) is 0 Å². The summed E-state index contributed by atoms with van der Waals surface area (Å²) in [7, 11) is 0. The van der Waals surface area contributed by atoms with Gasteiger partial charge in [-0.25, -0.2) is 14.5 Å². The third-order valence-electron chi connectivity index (χ3n) is 4.63. The van der Waals surface area contributed by atoms with E-state index in [4.69, 9.17) is 5.11 Å². The van der Waals surface area contributed by atoms with Crippen molar-refractivity contribution in [3.63, 3.8) is 0 Å². The van der Waals surface area contributed by atoms with Gasteiger partial charge < -0.3 is 10.1 Å². The van der Waals surface area contributed by atoms with Gasteiger partial charge >= 0.3 is 5.97 Å². The molecule has 8 nitrogen and oxygen atoms in total. The molecule has 3 aromatic heterocycles. The van der Waals surface area contributed by atoms with Gasteiger partial charge in [0, 0.05) is 17.9 Å². The van der Waals surface area contributed by atoms with Crippen LogP contribution < -0.4 is 5.56 Å². The van der Waals surface area contributed by atoms with Crippen molar-refractivity contribution in [2.75, 3.05) is 0 Å². The number of hydrogen-bond acceptors (Lipinski definition) is 4. The SMILES string of the molecule is O=C(O)c1cnn(-c2nc3ccc(-c4ccc5cc[nH]c5c4)cc3c(=O)[nH]2)c1. The Morgan fingerprint density at radius 1 is 1.07 bits per heavy atom. The van der Waals surface area contributed by atoms with E-state index in [2.05, 4.69) is 20.1 Å². The molecule has 0 spiro atoms. The number of carboxylic acids is 1. The number of rotatable bonds is 3. The Morgan fingerprint density at radius 3 is 2.71 bits per heavy atom. The summed E-state index contributed by atoms with van der Waals surface area (Å²) in [5.41, 5.74) is 3.09. The zero-order chi connectivity index (χ0) is 19.3. The summed E-state index contributed by atoms with van der Waals surface area (Å²) in [5, 5.41) is 14.5. The molecule has 0 atom stereocenters. The number of nitrogens with one attached hydrogen (secondary N) is 2. The van der Waals surface area contributed by atoms with E-state index in [0.29, 0.717) is 10.9 Å². The van der Waals surface area contributed by atoms with E-state index in [1.807, 2.05) is 36.5 Å². The van der Waals surface area contributed by atoms with E-state index >= 15 is 0 Å². The van der Waals surface area contributed by atoms with Crippen molar-refractivity contribution < 1.29 is 9.90 Å². The molecule has 0 radical (unpaired) electrons. The first-order valence-electron chi connectivity index (χ1n) is 8.48. The number of aromatic amines is 2. The van der Waals surface area contributed by atoms with Crippen molar-refractivity contribution in [1.82, 2.24) is 24.7 Å². The van der Waals surface area contributed by atoms with Crippen molar-refractivity contribution in [3.05, 3.63) is 77.0 Å². The molecule has 5 rings (SSSR count). The molecule has 0 saturated carbocycles. The highest BCUT2D eigenvalue weighted by molar-refractivity contribution is 5.89. The van der Waals surface area contributed by atoms with Gasteiger partial charge in [0.25, 0.3) is 5.56 Å². The minimum Gasteiger partial charge on any atom is -0.478 e. The Labute approximate surface area is 157 Å². The Morgan fingerprint density at radius 2 is 1.89 bits per heavy atom. The second-order valence-electron chi connectivity index (χ2n) is 6.38. The average molecular weight is 371 g/mol. The molecule has 0 saturated heterocycles. The maximum Gasteiger partial charge on any atom is 0.338 e. The molecule has 5 aromatic rings. The minimum atomic E-state index is -1.10. The summed E-state index contributed by atoms with van der Waals surface area (Å²) in [6.45, 7) is 0. The Bertz CT molecular complexity index is 1430. The molecule has 0 unspecified atom stereocenters. The fourth-order valence-corrected chi connectivity index (χ4v) is 3.19. The van der Waals surface area contributed by atoms with Crippen LogP contribution in [0.15, 0.2) is 65.8 Å². The van der Waals surface area contributed by atoms with E-state index < -0.39 is 5.97 Å². The van der Waals surface area contributed by atoms with E-state index in [1.54, 1.807) is 12.1 Å². The summed E-state index contributed by atoms with van der Waals surface area (Å²) in [6, 6.07) is 13.5. The molecule has 0 fully saturated rings. The van der Waals surface area contributed by atoms with Crippen LogP contribution in [-0.4, -0.2) is 35.8 Å². The third kappa shape index (κ3) is 2.55. The van der Waals surface area contributed by atoms with Gasteiger partial charge in [0.05, 0.1) is 22.7 Å². The quantitative estimate of drug-likeness (QED) is 0.451. The van der Waals surface area contributed by atoms with Crippen LogP contribution in [-0.2, 0) is 0 Å². The number of carbonyl (C=O) groups is 1. The Hall–Kier alpha value is -4.20. The molecule has 28 heavy (non-hydrogen) atoms. The topological polar surface area (TPSA) is 117 Å². The predicted octanol–water partition coefficient (Wildman–Crippen LogP) is 2.96. The number of carboxylic acid groups (broad SMARTS) is 1. The molecular weight excluding hydrogens is 358 g/mol. The zero-order valence-electron chi connectivity index (χ0n) is 14.4.